The number of aliphatic hydroxyl groups excluding tert-OH is 1. The third kappa shape index (κ3) is 7.40. The molecular weight excluding hydrogens is 390 g/mol. The molecule has 0 bridgehead atoms. The van der Waals surface area contributed by atoms with E-state index in [0.717, 1.165) is 17.7 Å². The molecule has 0 radical (unpaired) electrons. The average Bonchev–Trinajstić information content (AvgIpc) is 2.80. The van der Waals surface area contributed by atoms with Crippen LogP contribution in [0.4, 0.5) is 0 Å². The van der Waals surface area contributed by atoms with Crippen molar-refractivity contribution in [2.75, 3.05) is 27.4 Å². The van der Waals surface area contributed by atoms with Crippen molar-refractivity contribution in [3.63, 3.8) is 0 Å². The van der Waals surface area contributed by atoms with Crippen molar-refractivity contribution < 1.29 is 19.3 Å². The number of benzene rings is 3. The van der Waals surface area contributed by atoms with Crippen LogP contribution in [0.2, 0.25) is 0 Å². The van der Waals surface area contributed by atoms with Gasteiger partial charge in [-0.15, -0.1) is 0 Å². The second kappa shape index (κ2) is 12.1. The Hall–Kier alpha value is -2.86. The van der Waals surface area contributed by atoms with Crippen LogP contribution in [0.25, 0.3) is 0 Å². The molecule has 5 heteroatoms. The predicted octanol–water partition coefficient (Wildman–Crippen LogP) is 4.28. The van der Waals surface area contributed by atoms with E-state index in [1.807, 2.05) is 66.7 Å². The van der Waals surface area contributed by atoms with Crippen molar-refractivity contribution >= 4 is 0 Å². The van der Waals surface area contributed by atoms with Crippen molar-refractivity contribution in [2.45, 2.75) is 25.8 Å². The van der Waals surface area contributed by atoms with Crippen molar-refractivity contribution in [1.29, 1.82) is 0 Å². The van der Waals surface area contributed by atoms with Gasteiger partial charge in [-0.3, -0.25) is 4.90 Å². The number of ether oxygens (including phenoxy) is 3. The van der Waals surface area contributed by atoms with Crippen molar-refractivity contribution in [2.24, 2.45) is 0 Å². The van der Waals surface area contributed by atoms with Gasteiger partial charge in [-0.25, -0.2) is 0 Å². The minimum Gasteiger partial charge on any atom is -0.493 e. The Morgan fingerprint density at radius 2 is 1.35 bits per heavy atom. The molecule has 1 N–H and O–H groups in total. The lowest BCUT2D eigenvalue weighted by Gasteiger charge is -2.25. The molecule has 3 rings (SSSR count). The van der Waals surface area contributed by atoms with E-state index in [9.17, 15) is 5.11 Å². The van der Waals surface area contributed by atoms with Gasteiger partial charge in [-0.05, 0) is 28.8 Å². The number of nitrogens with zero attached hydrogens (tertiary/aromatic N) is 1. The van der Waals surface area contributed by atoms with Crippen LogP contribution < -0.4 is 9.47 Å². The molecule has 0 heterocycles. The maximum atomic E-state index is 10.6. The van der Waals surface area contributed by atoms with E-state index in [1.54, 1.807) is 14.2 Å². The van der Waals surface area contributed by atoms with Crippen LogP contribution in [0.3, 0.4) is 0 Å². The normalized spacial score (nSPS) is 12.0. The molecule has 0 aliphatic carbocycles. The first-order valence-electron chi connectivity index (χ1n) is 10.4. The zero-order chi connectivity index (χ0) is 21.9. The molecule has 0 aliphatic heterocycles. The third-order valence-electron chi connectivity index (χ3n) is 4.99. The molecule has 0 fully saturated rings. The van der Waals surface area contributed by atoms with Crippen LogP contribution in [0.1, 0.15) is 16.7 Å². The van der Waals surface area contributed by atoms with E-state index in [0.29, 0.717) is 31.2 Å². The molecule has 0 spiro atoms. The highest BCUT2D eigenvalue weighted by molar-refractivity contribution is 5.42. The standard InChI is InChI=1S/C26H31NO4/c1-29-25-14-13-23(15-26(25)30-2)17-27(16-21-9-5-3-6-10-21)18-24(28)20-31-19-22-11-7-4-8-12-22/h3-15,24,28H,16-20H2,1-2H3. The summed E-state index contributed by atoms with van der Waals surface area (Å²) in [5.41, 5.74) is 3.38. The van der Waals surface area contributed by atoms with Crippen LogP contribution in [0.15, 0.2) is 78.9 Å². The summed E-state index contributed by atoms with van der Waals surface area (Å²) in [7, 11) is 3.27. The Balaban J connectivity index is 1.63. The van der Waals surface area contributed by atoms with Gasteiger partial charge in [0.1, 0.15) is 0 Å². The summed E-state index contributed by atoms with van der Waals surface area (Å²) in [6.45, 7) is 2.67. The number of hydrogen-bond acceptors (Lipinski definition) is 5. The Bertz CT molecular complexity index is 902. The lowest BCUT2D eigenvalue weighted by Crippen LogP contribution is -2.34. The zero-order valence-corrected chi connectivity index (χ0v) is 18.2. The summed E-state index contributed by atoms with van der Waals surface area (Å²) in [6.07, 6.45) is -0.590. The highest BCUT2D eigenvalue weighted by atomic mass is 16.5. The molecule has 164 valence electrons. The minimum atomic E-state index is -0.590. The zero-order valence-electron chi connectivity index (χ0n) is 18.2. The Morgan fingerprint density at radius 1 is 0.742 bits per heavy atom. The first-order valence-corrected chi connectivity index (χ1v) is 10.4. The van der Waals surface area contributed by atoms with E-state index in [4.69, 9.17) is 14.2 Å². The van der Waals surface area contributed by atoms with Crippen molar-refractivity contribution in [3.8, 4) is 11.5 Å². The topological polar surface area (TPSA) is 51.2 Å². The molecule has 0 saturated carbocycles. The van der Waals surface area contributed by atoms with Gasteiger partial charge >= 0.3 is 0 Å². The fraction of sp³-hybridized carbons (Fsp3) is 0.308. The number of methoxy groups -OCH3 is 2. The van der Waals surface area contributed by atoms with Gasteiger partial charge in [-0.1, -0.05) is 66.7 Å². The second-order valence-electron chi connectivity index (χ2n) is 7.50. The van der Waals surface area contributed by atoms with Gasteiger partial charge in [0.2, 0.25) is 0 Å². The lowest BCUT2D eigenvalue weighted by molar-refractivity contribution is 0.00712. The first-order chi connectivity index (χ1) is 15.2. The van der Waals surface area contributed by atoms with E-state index < -0.39 is 6.10 Å². The number of aliphatic hydroxyl groups is 1. The van der Waals surface area contributed by atoms with Gasteiger partial charge < -0.3 is 19.3 Å². The fourth-order valence-corrected chi connectivity index (χ4v) is 3.50. The monoisotopic (exact) mass is 421 g/mol. The molecule has 0 saturated heterocycles. The van der Waals surface area contributed by atoms with E-state index in [-0.39, 0.29) is 6.61 Å². The van der Waals surface area contributed by atoms with Crippen molar-refractivity contribution in [1.82, 2.24) is 4.90 Å². The van der Waals surface area contributed by atoms with Crippen LogP contribution in [-0.4, -0.2) is 43.5 Å². The minimum absolute atomic E-state index is 0.284. The SMILES string of the molecule is COc1ccc(CN(Cc2ccccc2)CC(O)COCc2ccccc2)cc1OC. The molecule has 31 heavy (non-hydrogen) atoms. The molecule has 0 amide bonds. The second-order valence-corrected chi connectivity index (χ2v) is 7.50. The predicted molar refractivity (Wildman–Crippen MR) is 122 cm³/mol. The number of rotatable bonds is 12. The molecule has 5 nitrogen and oxygen atoms in total. The largest absolute Gasteiger partial charge is 0.493 e. The highest BCUT2D eigenvalue weighted by Crippen LogP contribution is 2.28. The van der Waals surface area contributed by atoms with Gasteiger partial charge in [0, 0.05) is 19.6 Å². The summed E-state index contributed by atoms with van der Waals surface area (Å²) in [4.78, 5) is 2.22. The maximum absolute atomic E-state index is 10.6. The highest BCUT2D eigenvalue weighted by Gasteiger charge is 2.15. The Labute approximate surface area is 184 Å². The summed E-state index contributed by atoms with van der Waals surface area (Å²) in [6, 6.07) is 26.2. The quantitative estimate of drug-likeness (QED) is 0.473. The molecule has 3 aromatic carbocycles. The third-order valence-corrected chi connectivity index (χ3v) is 4.99. The molecular formula is C26H31NO4. The molecule has 0 aromatic heterocycles. The van der Waals surface area contributed by atoms with Crippen LogP contribution in [0.5, 0.6) is 11.5 Å². The van der Waals surface area contributed by atoms with Gasteiger partial charge in [0.05, 0.1) is 33.5 Å². The fourth-order valence-electron chi connectivity index (χ4n) is 3.50. The van der Waals surface area contributed by atoms with Gasteiger partial charge in [-0.2, -0.15) is 0 Å². The van der Waals surface area contributed by atoms with Crippen LogP contribution in [0, 0.1) is 0 Å². The summed E-state index contributed by atoms with van der Waals surface area (Å²) in [5.74, 6) is 1.40. The Kier molecular flexibility index (Phi) is 8.91. The maximum Gasteiger partial charge on any atom is 0.161 e. The Morgan fingerprint density at radius 3 is 2.00 bits per heavy atom. The summed E-state index contributed by atoms with van der Waals surface area (Å²) < 4.78 is 16.5. The smallest absolute Gasteiger partial charge is 0.161 e. The van der Waals surface area contributed by atoms with Gasteiger partial charge in [0.25, 0.3) is 0 Å². The number of hydrogen-bond donors (Lipinski definition) is 1. The lowest BCUT2D eigenvalue weighted by atomic mass is 10.1. The average molecular weight is 422 g/mol. The first kappa shape index (κ1) is 22.8. The summed E-state index contributed by atoms with van der Waals surface area (Å²) >= 11 is 0. The summed E-state index contributed by atoms with van der Waals surface area (Å²) in [5, 5.41) is 10.6. The van der Waals surface area contributed by atoms with Crippen LogP contribution in [-0.2, 0) is 24.4 Å². The van der Waals surface area contributed by atoms with Gasteiger partial charge in [0.15, 0.2) is 11.5 Å². The molecule has 3 aromatic rings. The van der Waals surface area contributed by atoms with E-state index in [2.05, 4.69) is 17.0 Å². The van der Waals surface area contributed by atoms with Crippen LogP contribution >= 0.6 is 0 Å². The molecule has 1 atom stereocenters. The van der Waals surface area contributed by atoms with Crippen molar-refractivity contribution in [3.05, 3.63) is 95.6 Å². The molecule has 1 unspecified atom stereocenters. The van der Waals surface area contributed by atoms with E-state index >= 15 is 0 Å². The van der Waals surface area contributed by atoms with E-state index in [1.165, 1.54) is 5.56 Å². The molecule has 0 aliphatic rings.